The molecule has 3 aromatic heterocycles. The van der Waals surface area contributed by atoms with E-state index in [1.54, 1.807) is 24.0 Å². The van der Waals surface area contributed by atoms with Gasteiger partial charge in [0.05, 0.1) is 24.6 Å². The van der Waals surface area contributed by atoms with Gasteiger partial charge in [-0.2, -0.15) is 5.10 Å². The minimum atomic E-state index is 0.793. The quantitative estimate of drug-likeness (QED) is 0.581. The Morgan fingerprint density at radius 2 is 1.78 bits per heavy atom. The van der Waals surface area contributed by atoms with Crippen molar-refractivity contribution in [3.05, 3.63) is 67.3 Å². The lowest BCUT2D eigenvalue weighted by Crippen LogP contribution is -1.92. The van der Waals surface area contributed by atoms with Crippen LogP contribution in [0.4, 0.5) is 0 Å². The van der Waals surface area contributed by atoms with Crippen LogP contribution in [0.2, 0.25) is 0 Å². The molecule has 0 aliphatic carbocycles. The smallest absolute Gasteiger partial charge is 0.164 e. The lowest BCUT2D eigenvalue weighted by molar-refractivity contribution is 0.415. The number of nitrogens with zero attached hydrogens (tertiary/aromatic N) is 4. The summed E-state index contributed by atoms with van der Waals surface area (Å²) < 4.78 is 6.97. The molecule has 5 heteroatoms. The number of hydrogen-bond acceptors (Lipinski definition) is 4. The molecular weight excluding hydrogens is 288 g/mol. The largest absolute Gasteiger partial charge is 0.497 e. The van der Waals surface area contributed by atoms with Crippen LogP contribution in [-0.2, 0) is 0 Å². The number of methoxy groups -OCH3 is 1. The highest BCUT2D eigenvalue weighted by Gasteiger charge is 2.10. The first-order chi connectivity index (χ1) is 11.3. The summed E-state index contributed by atoms with van der Waals surface area (Å²) in [6.07, 6.45) is 7.38. The van der Waals surface area contributed by atoms with Gasteiger partial charge in [0, 0.05) is 24.2 Å². The number of rotatable bonds is 3. The Labute approximate surface area is 133 Å². The molecule has 0 saturated carbocycles. The third-order valence-corrected chi connectivity index (χ3v) is 3.72. The Bertz CT molecular complexity index is 946. The second kappa shape index (κ2) is 5.53. The highest BCUT2D eigenvalue weighted by molar-refractivity contribution is 5.75. The first-order valence-corrected chi connectivity index (χ1v) is 7.24. The average Bonchev–Trinajstić information content (AvgIpc) is 3.06. The van der Waals surface area contributed by atoms with Crippen molar-refractivity contribution in [3.8, 4) is 28.1 Å². The van der Waals surface area contributed by atoms with Crippen molar-refractivity contribution in [2.75, 3.05) is 7.11 Å². The van der Waals surface area contributed by atoms with Gasteiger partial charge in [-0.3, -0.25) is 4.98 Å². The number of pyridine rings is 1. The molecule has 3 heterocycles. The Morgan fingerprint density at radius 3 is 2.52 bits per heavy atom. The summed E-state index contributed by atoms with van der Waals surface area (Å²) in [4.78, 5) is 8.93. The van der Waals surface area contributed by atoms with Gasteiger partial charge in [-0.25, -0.2) is 9.50 Å². The minimum Gasteiger partial charge on any atom is -0.497 e. The van der Waals surface area contributed by atoms with Crippen LogP contribution in [0.5, 0.6) is 5.75 Å². The van der Waals surface area contributed by atoms with Crippen LogP contribution in [-0.4, -0.2) is 26.7 Å². The molecule has 0 unspecified atom stereocenters. The van der Waals surface area contributed by atoms with Gasteiger partial charge >= 0.3 is 0 Å². The van der Waals surface area contributed by atoms with E-state index in [1.165, 1.54) is 0 Å². The fourth-order valence-electron chi connectivity index (χ4n) is 2.51. The summed E-state index contributed by atoms with van der Waals surface area (Å²) in [5.41, 5.74) is 4.64. The third kappa shape index (κ3) is 2.42. The predicted molar refractivity (Wildman–Crippen MR) is 88.2 cm³/mol. The first-order valence-electron chi connectivity index (χ1n) is 7.24. The normalized spacial score (nSPS) is 10.8. The number of ether oxygens (including phenoxy) is 1. The molecule has 0 aliphatic heterocycles. The van der Waals surface area contributed by atoms with Crippen molar-refractivity contribution in [2.45, 2.75) is 0 Å². The van der Waals surface area contributed by atoms with E-state index in [9.17, 15) is 0 Å². The maximum absolute atomic E-state index is 5.19. The number of aromatic nitrogens is 4. The zero-order valence-electron chi connectivity index (χ0n) is 12.5. The van der Waals surface area contributed by atoms with Gasteiger partial charge in [-0.05, 0) is 29.8 Å². The summed E-state index contributed by atoms with van der Waals surface area (Å²) in [5, 5.41) is 4.40. The van der Waals surface area contributed by atoms with Crippen LogP contribution >= 0.6 is 0 Å². The Kier molecular flexibility index (Phi) is 3.24. The summed E-state index contributed by atoms with van der Waals surface area (Å²) >= 11 is 0. The third-order valence-electron chi connectivity index (χ3n) is 3.72. The Hall–Kier alpha value is -3.21. The molecule has 1 aromatic carbocycles. The molecule has 0 aliphatic rings. The van der Waals surface area contributed by atoms with Crippen LogP contribution in [0.15, 0.2) is 67.3 Å². The molecule has 4 rings (SSSR count). The molecule has 0 radical (unpaired) electrons. The van der Waals surface area contributed by atoms with Crippen molar-refractivity contribution in [2.24, 2.45) is 0 Å². The van der Waals surface area contributed by atoms with Gasteiger partial charge in [0.2, 0.25) is 0 Å². The standard InChI is InChI=1S/C18H14N4O/c1-23-15-7-5-13(6-8-15)14-10-20-18-16(11-21-22(18)12-14)17-4-2-3-9-19-17/h2-12H,1H3. The van der Waals surface area contributed by atoms with Crippen molar-refractivity contribution in [1.29, 1.82) is 0 Å². The number of hydrogen-bond donors (Lipinski definition) is 0. The van der Waals surface area contributed by atoms with Crippen molar-refractivity contribution >= 4 is 5.65 Å². The Balaban J connectivity index is 1.77. The highest BCUT2D eigenvalue weighted by atomic mass is 16.5. The monoisotopic (exact) mass is 302 g/mol. The molecule has 0 amide bonds. The predicted octanol–water partition coefficient (Wildman–Crippen LogP) is 3.47. The molecule has 112 valence electrons. The second-order valence-corrected chi connectivity index (χ2v) is 5.11. The van der Waals surface area contributed by atoms with Crippen molar-refractivity contribution in [3.63, 3.8) is 0 Å². The van der Waals surface area contributed by atoms with E-state index in [4.69, 9.17) is 4.74 Å². The fourth-order valence-corrected chi connectivity index (χ4v) is 2.51. The molecule has 0 bridgehead atoms. The van der Waals surface area contributed by atoms with Crippen LogP contribution in [0, 0.1) is 0 Å². The molecule has 4 aromatic rings. The molecule has 0 N–H and O–H groups in total. The van der Waals surface area contributed by atoms with Crippen LogP contribution < -0.4 is 4.74 Å². The molecular formula is C18H14N4O. The van der Waals surface area contributed by atoms with Crippen molar-refractivity contribution in [1.82, 2.24) is 19.6 Å². The van der Waals surface area contributed by atoms with E-state index in [0.717, 1.165) is 33.8 Å². The lowest BCUT2D eigenvalue weighted by atomic mass is 10.1. The van der Waals surface area contributed by atoms with Gasteiger partial charge in [-0.1, -0.05) is 18.2 Å². The van der Waals surface area contributed by atoms with Gasteiger partial charge in [0.25, 0.3) is 0 Å². The summed E-state index contributed by atoms with van der Waals surface area (Å²) in [5.74, 6) is 0.833. The summed E-state index contributed by atoms with van der Waals surface area (Å²) in [6.45, 7) is 0. The zero-order chi connectivity index (χ0) is 15.6. The van der Waals surface area contributed by atoms with E-state index >= 15 is 0 Å². The van der Waals surface area contributed by atoms with Crippen LogP contribution in [0.1, 0.15) is 0 Å². The second-order valence-electron chi connectivity index (χ2n) is 5.11. The number of fused-ring (bicyclic) bond motifs is 1. The van der Waals surface area contributed by atoms with E-state index in [-0.39, 0.29) is 0 Å². The fraction of sp³-hybridized carbons (Fsp3) is 0.0556. The maximum Gasteiger partial charge on any atom is 0.164 e. The highest BCUT2D eigenvalue weighted by Crippen LogP contribution is 2.25. The molecule has 0 saturated heterocycles. The first kappa shape index (κ1) is 13.5. The summed E-state index contributed by atoms with van der Waals surface area (Å²) in [7, 11) is 1.66. The van der Waals surface area contributed by atoms with E-state index in [0.29, 0.717) is 0 Å². The van der Waals surface area contributed by atoms with E-state index in [2.05, 4.69) is 15.1 Å². The zero-order valence-corrected chi connectivity index (χ0v) is 12.5. The van der Waals surface area contributed by atoms with E-state index in [1.807, 2.05) is 54.9 Å². The molecule has 0 fully saturated rings. The molecule has 5 nitrogen and oxygen atoms in total. The van der Waals surface area contributed by atoms with E-state index < -0.39 is 0 Å². The van der Waals surface area contributed by atoms with Crippen LogP contribution in [0.3, 0.4) is 0 Å². The molecule has 0 atom stereocenters. The van der Waals surface area contributed by atoms with Gasteiger partial charge in [0.1, 0.15) is 5.75 Å². The topological polar surface area (TPSA) is 52.3 Å². The molecule has 0 spiro atoms. The van der Waals surface area contributed by atoms with Crippen molar-refractivity contribution < 1.29 is 4.74 Å². The van der Waals surface area contributed by atoms with Gasteiger partial charge in [-0.15, -0.1) is 0 Å². The lowest BCUT2D eigenvalue weighted by Gasteiger charge is -2.04. The Morgan fingerprint density at radius 1 is 0.913 bits per heavy atom. The minimum absolute atomic E-state index is 0.793. The molecule has 23 heavy (non-hydrogen) atoms. The number of benzene rings is 1. The summed E-state index contributed by atoms with van der Waals surface area (Å²) in [6, 6.07) is 13.7. The van der Waals surface area contributed by atoms with Gasteiger partial charge in [0.15, 0.2) is 5.65 Å². The average molecular weight is 302 g/mol. The maximum atomic E-state index is 5.19. The van der Waals surface area contributed by atoms with Gasteiger partial charge < -0.3 is 4.74 Å². The SMILES string of the molecule is COc1ccc(-c2cnc3c(-c4ccccn4)cnn3c2)cc1. The van der Waals surface area contributed by atoms with Crippen LogP contribution in [0.25, 0.3) is 28.0 Å².